The fourth-order valence-electron chi connectivity index (χ4n) is 2.69. The van der Waals surface area contributed by atoms with E-state index in [4.69, 9.17) is 0 Å². The van der Waals surface area contributed by atoms with E-state index in [0.29, 0.717) is 17.6 Å². The number of benzene rings is 1. The van der Waals surface area contributed by atoms with Crippen molar-refractivity contribution in [3.05, 3.63) is 47.3 Å². The van der Waals surface area contributed by atoms with Gasteiger partial charge in [0.05, 0.1) is 0 Å². The highest BCUT2D eigenvalue weighted by atomic mass is 16.1. The second-order valence-electron chi connectivity index (χ2n) is 7.00. The summed E-state index contributed by atoms with van der Waals surface area (Å²) in [4.78, 5) is 23.3. The van der Waals surface area contributed by atoms with Gasteiger partial charge in [-0.2, -0.15) is 0 Å². The van der Waals surface area contributed by atoms with Crippen LogP contribution in [0.5, 0.6) is 0 Å². The summed E-state index contributed by atoms with van der Waals surface area (Å²) in [6, 6.07) is 7.69. The number of amides is 1. The first-order valence-corrected chi connectivity index (χ1v) is 9.01. The van der Waals surface area contributed by atoms with Gasteiger partial charge in [-0.25, -0.2) is 9.97 Å². The zero-order valence-electron chi connectivity index (χ0n) is 16.3. The molecule has 1 aromatic carbocycles. The summed E-state index contributed by atoms with van der Waals surface area (Å²) < 4.78 is 0. The molecule has 0 aliphatic carbocycles. The van der Waals surface area contributed by atoms with E-state index in [1.165, 1.54) is 0 Å². The maximum absolute atomic E-state index is 12.7. The van der Waals surface area contributed by atoms with E-state index in [1.807, 2.05) is 39.2 Å². The summed E-state index contributed by atoms with van der Waals surface area (Å²) in [5.74, 6) is 0.578. The fraction of sp³-hybridized carbons (Fsp3) is 0.450. The molecule has 1 heterocycles. The predicted molar refractivity (Wildman–Crippen MR) is 107 cm³/mol. The first-order valence-electron chi connectivity index (χ1n) is 9.01. The Balaban J connectivity index is 2.08. The number of hydrogen-bond acceptors (Lipinski definition) is 5. The molecule has 0 fully saturated rings. The van der Waals surface area contributed by atoms with E-state index in [0.717, 1.165) is 36.3 Å². The van der Waals surface area contributed by atoms with Gasteiger partial charge in [0, 0.05) is 18.4 Å². The number of rotatable bonds is 8. The number of carbonyl (C=O) groups is 1. The topological polar surface area (TPSA) is 70.2 Å². The average molecular weight is 355 g/mol. The molecule has 0 aliphatic rings. The van der Waals surface area contributed by atoms with Crippen LogP contribution in [0.4, 0.5) is 11.6 Å². The van der Waals surface area contributed by atoms with Crippen molar-refractivity contribution in [2.75, 3.05) is 37.8 Å². The molecule has 2 aromatic rings. The summed E-state index contributed by atoms with van der Waals surface area (Å²) in [6.07, 6.45) is 2.59. The number of hydrogen-bond donors (Lipinski definition) is 2. The van der Waals surface area contributed by atoms with E-state index in [9.17, 15) is 4.79 Å². The van der Waals surface area contributed by atoms with Gasteiger partial charge in [0.2, 0.25) is 5.95 Å². The SMILES string of the molecule is Cc1cccc(C(C)C)c1NC(=O)c1ccnc(NCCCN(C)C)n1. The Morgan fingerprint density at radius 2 is 2.00 bits per heavy atom. The highest BCUT2D eigenvalue weighted by molar-refractivity contribution is 6.03. The molecule has 0 unspecified atom stereocenters. The molecule has 1 aromatic heterocycles. The normalized spacial score (nSPS) is 11.0. The summed E-state index contributed by atoms with van der Waals surface area (Å²) in [7, 11) is 4.08. The van der Waals surface area contributed by atoms with Gasteiger partial charge >= 0.3 is 0 Å². The van der Waals surface area contributed by atoms with Crippen LogP contribution in [0.2, 0.25) is 0 Å². The number of aryl methyl sites for hydroxylation is 1. The van der Waals surface area contributed by atoms with Crippen LogP contribution in [0.3, 0.4) is 0 Å². The van der Waals surface area contributed by atoms with Gasteiger partial charge in [-0.3, -0.25) is 4.79 Å². The molecule has 26 heavy (non-hydrogen) atoms. The third kappa shape index (κ3) is 5.52. The van der Waals surface area contributed by atoms with Crippen LogP contribution in [0, 0.1) is 6.92 Å². The van der Waals surface area contributed by atoms with Crippen LogP contribution in [-0.4, -0.2) is 48.0 Å². The Bertz CT molecular complexity index is 743. The monoisotopic (exact) mass is 355 g/mol. The number of carbonyl (C=O) groups excluding carboxylic acids is 1. The molecule has 0 radical (unpaired) electrons. The Morgan fingerprint density at radius 3 is 2.69 bits per heavy atom. The lowest BCUT2D eigenvalue weighted by molar-refractivity contribution is 0.102. The first kappa shape index (κ1) is 19.8. The molecule has 0 saturated heterocycles. The molecular weight excluding hydrogens is 326 g/mol. The van der Waals surface area contributed by atoms with Crippen molar-refractivity contribution >= 4 is 17.5 Å². The summed E-state index contributed by atoms with van der Waals surface area (Å²) >= 11 is 0. The summed E-state index contributed by atoms with van der Waals surface area (Å²) in [5, 5.41) is 6.19. The van der Waals surface area contributed by atoms with Gasteiger partial charge in [0.15, 0.2) is 0 Å². The number of nitrogens with zero attached hydrogens (tertiary/aromatic N) is 3. The van der Waals surface area contributed by atoms with Crippen LogP contribution in [0.1, 0.15) is 47.8 Å². The van der Waals surface area contributed by atoms with Crippen molar-refractivity contribution < 1.29 is 4.79 Å². The standard InChI is InChI=1S/C20H29N5O/c1-14(2)16-9-6-8-15(3)18(16)24-19(26)17-10-12-22-20(23-17)21-11-7-13-25(4)5/h6,8-10,12,14H,7,11,13H2,1-5H3,(H,24,26)(H,21,22,23). The summed E-state index contributed by atoms with van der Waals surface area (Å²) in [5.41, 5.74) is 3.38. The lowest BCUT2D eigenvalue weighted by Crippen LogP contribution is -2.19. The number of anilines is 2. The van der Waals surface area contributed by atoms with Crippen LogP contribution in [0.15, 0.2) is 30.5 Å². The molecule has 6 nitrogen and oxygen atoms in total. The van der Waals surface area contributed by atoms with Gasteiger partial charge in [0.25, 0.3) is 5.91 Å². The Kier molecular flexibility index (Phi) is 7.09. The van der Waals surface area contributed by atoms with Crippen molar-refractivity contribution in [1.82, 2.24) is 14.9 Å². The third-order valence-electron chi connectivity index (χ3n) is 4.12. The minimum atomic E-state index is -0.222. The minimum absolute atomic E-state index is 0.222. The van der Waals surface area contributed by atoms with Crippen molar-refractivity contribution in [3.8, 4) is 0 Å². The highest BCUT2D eigenvalue weighted by Crippen LogP contribution is 2.27. The maximum atomic E-state index is 12.7. The summed E-state index contributed by atoms with van der Waals surface area (Å²) in [6.45, 7) is 7.98. The molecule has 0 spiro atoms. The van der Waals surface area contributed by atoms with Crippen molar-refractivity contribution in [3.63, 3.8) is 0 Å². The maximum Gasteiger partial charge on any atom is 0.274 e. The molecule has 0 saturated carbocycles. The van der Waals surface area contributed by atoms with Crippen molar-refractivity contribution in [2.45, 2.75) is 33.1 Å². The zero-order valence-corrected chi connectivity index (χ0v) is 16.3. The molecule has 6 heteroatoms. The Morgan fingerprint density at radius 1 is 1.23 bits per heavy atom. The van der Waals surface area contributed by atoms with Gasteiger partial charge in [0.1, 0.15) is 5.69 Å². The Hall–Kier alpha value is -2.47. The van der Waals surface area contributed by atoms with Gasteiger partial charge in [-0.1, -0.05) is 32.0 Å². The van der Waals surface area contributed by atoms with E-state index >= 15 is 0 Å². The van der Waals surface area contributed by atoms with Crippen LogP contribution in [-0.2, 0) is 0 Å². The fourth-order valence-corrected chi connectivity index (χ4v) is 2.69. The smallest absolute Gasteiger partial charge is 0.274 e. The third-order valence-corrected chi connectivity index (χ3v) is 4.12. The number of nitrogens with one attached hydrogen (secondary N) is 2. The largest absolute Gasteiger partial charge is 0.354 e. The molecule has 140 valence electrons. The predicted octanol–water partition coefficient (Wildman–Crippen LogP) is 3.52. The number of aromatic nitrogens is 2. The molecule has 1 amide bonds. The van der Waals surface area contributed by atoms with Crippen molar-refractivity contribution in [2.24, 2.45) is 0 Å². The van der Waals surface area contributed by atoms with E-state index in [2.05, 4.69) is 39.3 Å². The minimum Gasteiger partial charge on any atom is -0.354 e. The first-order chi connectivity index (χ1) is 12.4. The van der Waals surface area contributed by atoms with Gasteiger partial charge in [-0.05, 0) is 57.1 Å². The van der Waals surface area contributed by atoms with Crippen molar-refractivity contribution in [1.29, 1.82) is 0 Å². The molecule has 2 N–H and O–H groups in total. The van der Waals surface area contributed by atoms with Gasteiger partial charge in [-0.15, -0.1) is 0 Å². The molecule has 0 atom stereocenters. The molecule has 2 rings (SSSR count). The van der Waals surface area contributed by atoms with Crippen LogP contribution >= 0.6 is 0 Å². The Labute approximate surface area is 156 Å². The highest BCUT2D eigenvalue weighted by Gasteiger charge is 2.14. The zero-order chi connectivity index (χ0) is 19.1. The van der Waals surface area contributed by atoms with E-state index in [-0.39, 0.29) is 5.91 Å². The second-order valence-corrected chi connectivity index (χ2v) is 7.00. The van der Waals surface area contributed by atoms with Crippen LogP contribution in [0.25, 0.3) is 0 Å². The van der Waals surface area contributed by atoms with Crippen LogP contribution < -0.4 is 10.6 Å². The van der Waals surface area contributed by atoms with Gasteiger partial charge < -0.3 is 15.5 Å². The van der Waals surface area contributed by atoms with E-state index in [1.54, 1.807) is 12.3 Å². The lowest BCUT2D eigenvalue weighted by atomic mass is 9.98. The quantitative estimate of drug-likeness (QED) is 0.709. The number of para-hydroxylation sites is 1. The van der Waals surface area contributed by atoms with E-state index < -0.39 is 0 Å². The molecule has 0 aliphatic heterocycles. The second kappa shape index (κ2) is 9.29. The average Bonchev–Trinajstić information content (AvgIpc) is 2.60. The molecule has 0 bridgehead atoms. The lowest BCUT2D eigenvalue weighted by Gasteiger charge is -2.16. The molecular formula is C20H29N5O.